The van der Waals surface area contributed by atoms with Gasteiger partial charge in [0.25, 0.3) is 0 Å². The van der Waals surface area contributed by atoms with Crippen LogP contribution in [0.5, 0.6) is 0 Å². The molecule has 0 saturated heterocycles. The SMILES string of the molecule is C/C(=C\c1cnc2cc(C)nn2c1C)c1ccc(C)cc1. The fourth-order valence-corrected chi connectivity index (χ4v) is 2.45. The van der Waals surface area contributed by atoms with E-state index in [0.717, 1.165) is 22.6 Å². The maximum atomic E-state index is 4.49. The molecule has 0 N–H and O–H groups in total. The third kappa shape index (κ3) is 2.59. The average molecular weight is 277 g/mol. The van der Waals surface area contributed by atoms with Crippen LogP contribution in [0.25, 0.3) is 17.3 Å². The molecule has 2 heterocycles. The van der Waals surface area contributed by atoms with E-state index in [1.165, 1.54) is 16.7 Å². The van der Waals surface area contributed by atoms with Gasteiger partial charge in [0.1, 0.15) is 0 Å². The molecule has 3 rings (SSSR count). The third-order valence-corrected chi connectivity index (χ3v) is 3.76. The smallest absolute Gasteiger partial charge is 0.155 e. The topological polar surface area (TPSA) is 30.2 Å². The van der Waals surface area contributed by atoms with Crippen molar-refractivity contribution in [1.82, 2.24) is 14.6 Å². The summed E-state index contributed by atoms with van der Waals surface area (Å²) >= 11 is 0. The van der Waals surface area contributed by atoms with Crippen molar-refractivity contribution >= 4 is 17.3 Å². The van der Waals surface area contributed by atoms with E-state index in [-0.39, 0.29) is 0 Å². The third-order valence-electron chi connectivity index (χ3n) is 3.76. The summed E-state index contributed by atoms with van der Waals surface area (Å²) in [7, 11) is 0. The maximum absolute atomic E-state index is 4.49. The molecular weight excluding hydrogens is 258 g/mol. The Morgan fingerprint density at radius 3 is 2.52 bits per heavy atom. The molecule has 3 aromatic rings. The van der Waals surface area contributed by atoms with E-state index < -0.39 is 0 Å². The van der Waals surface area contributed by atoms with Gasteiger partial charge in [0.2, 0.25) is 0 Å². The fourth-order valence-electron chi connectivity index (χ4n) is 2.45. The van der Waals surface area contributed by atoms with E-state index in [0.29, 0.717) is 0 Å². The number of benzene rings is 1. The predicted molar refractivity (Wildman–Crippen MR) is 87.2 cm³/mol. The van der Waals surface area contributed by atoms with Crippen LogP contribution in [0, 0.1) is 20.8 Å². The van der Waals surface area contributed by atoms with E-state index in [1.54, 1.807) is 0 Å². The molecule has 3 heteroatoms. The molecule has 1 aromatic carbocycles. The lowest BCUT2D eigenvalue weighted by Crippen LogP contribution is -1.98. The molecule has 0 fully saturated rings. The highest BCUT2D eigenvalue weighted by Gasteiger charge is 2.06. The maximum Gasteiger partial charge on any atom is 0.155 e. The van der Waals surface area contributed by atoms with Crippen LogP contribution in [0.2, 0.25) is 0 Å². The van der Waals surface area contributed by atoms with Crippen molar-refractivity contribution in [1.29, 1.82) is 0 Å². The highest BCUT2D eigenvalue weighted by molar-refractivity contribution is 5.80. The average Bonchev–Trinajstić information content (AvgIpc) is 2.84. The van der Waals surface area contributed by atoms with Gasteiger partial charge >= 0.3 is 0 Å². The highest BCUT2D eigenvalue weighted by Crippen LogP contribution is 2.20. The number of hydrogen-bond acceptors (Lipinski definition) is 2. The van der Waals surface area contributed by atoms with Crippen molar-refractivity contribution in [3.05, 3.63) is 64.6 Å². The Balaban J connectivity index is 2.05. The van der Waals surface area contributed by atoms with Crippen LogP contribution in [0.4, 0.5) is 0 Å². The Labute approximate surface area is 125 Å². The van der Waals surface area contributed by atoms with E-state index in [4.69, 9.17) is 0 Å². The number of allylic oxidation sites excluding steroid dienone is 1. The first kappa shape index (κ1) is 13.6. The molecule has 3 nitrogen and oxygen atoms in total. The summed E-state index contributed by atoms with van der Waals surface area (Å²) in [5, 5.41) is 4.49. The number of aromatic nitrogens is 3. The largest absolute Gasteiger partial charge is 0.236 e. The second kappa shape index (κ2) is 5.17. The van der Waals surface area contributed by atoms with Crippen LogP contribution >= 0.6 is 0 Å². The zero-order chi connectivity index (χ0) is 15.0. The quantitative estimate of drug-likeness (QED) is 0.702. The highest BCUT2D eigenvalue weighted by atomic mass is 15.3. The summed E-state index contributed by atoms with van der Waals surface area (Å²) in [5.41, 5.74) is 7.83. The van der Waals surface area contributed by atoms with Gasteiger partial charge in [-0.05, 0) is 44.9 Å². The zero-order valence-corrected chi connectivity index (χ0v) is 12.9. The molecule has 0 spiro atoms. The molecule has 0 saturated carbocycles. The van der Waals surface area contributed by atoms with Gasteiger partial charge in [-0.2, -0.15) is 5.10 Å². The summed E-state index contributed by atoms with van der Waals surface area (Å²) in [6.07, 6.45) is 4.09. The number of hydrogen-bond donors (Lipinski definition) is 0. The molecule has 0 unspecified atom stereocenters. The van der Waals surface area contributed by atoms with Crippen molar-refractivity contribution in [2.75, 3.05) is 0 Å². The number of nitrogens with zero attached hydrogens (tertiary/aromatic N) is 3. The molecule has 0 atom stereocenters. The van der Waals surface area contributed by atoms with Crippen molar-refractivity contribution in [2.45, 2.75) is 27.7 Å². The van der Waals surface area contributed by atoms with Crippen LogP contribution in [0.15, 0.2) is 36.5 Å². The van der Waals surface area contributed by atoms with Gasteiger partial charge in [0.05, 0.1) is 11.4 Å². The lowest BCUT2D eigenvalue weighted by molar-refractivity contribution is 0.874. The van der Waals surface area contributed by atoms with Gasteiger partial charge in [0, 0.05) is 17.8 Å². The van der Waals surface area contributed by atoms with Crippen LogP contribution in [0.3, 0.4) is 0 Å². The Morgan fingerprint density at radius 2 is 1.81 bits per heavy atom. The van der Waals surface area contributed by atoms with Crippen LogP contribution in [-0.2, 0) is 0 Å². The second-order valence-electron chi connectivity index (χ2n) is 5.55. The van der Waals surface area contributed by atoms with Crippen molar-refractivity contribution in [3.63, 3.8) is 0 Å². The van der Waals surface area contributed by atoms with Crippen LogP contribution < -0.4 is 0 Å². The summed E-state index contributed by atoms with van der Waals surface area (Å²) in [5.74, 6) is 0. The van der Waals surface area contributed by atoms with E-state index in [2.05, 4.69) is 61.2 Å². The monoisotopic (exact) mass is 277 g/mol. The standard InChI is InChI=1S/C18H19N3/c1-12-5-7-16(8-6-12)13(2)9-17-11-19-18-10-14(3)20-21(18)15(17)4/h5-11H,1-4H3/b13-9+. The van der Waals surface area contributed by atoms with Gasteiger partial charge in [-0.15, -0.1) is 0 Å². The first-order chi connectivity index (χ1) is 10.0. The minimum atomic E-state index is 0.898. The molecule has 0 bridgehead atoms. The first-order valence-corrected chi connectivity index (χ1v) is 7.12. The Morgan fingerprint density at radius 1 is 1.10 bits per heavy atom. The molecule has 0 amide bonds. The Kier molecular flexibility index (Phi) is 3.34. The Bertz CT molecular complexity index is 824. The molecule has 0 aliphatic rings. The summed E-state index contributed by atoms with van der Waals surface area (Å²) < 4.78 is 1.91. The number of fused-ring (bicyclic) bond motifs is 1. The predicted octanol–water partition coefficient (Wildman–Crippen LogP) is 4.22. The lowest BCUT2D eigenvalue weighted by atomic mass is 10.0. The molecule has 0 aliphatic heterocycles. The van der Waals surface area contributed by atoms with Gasteiger partial charge in [0.15, 0.2) is 5.65 Å². The fraction of sp³-hybridized carbons (Fsp3) is 0.222. The number of rotatable bonds is 2. The van der Waals surface area contributed by atoms with Crippen molar-refractivity contribution in [3.8, 4) is 0 Å². The molecule has 21 heavy (non-hydrogen) atoms. The summed E-state index contributed by atoms with van der Waals surface area (Å²) in [6.45, 7) is 8.30. The molecule has 0 radical (unpaired) electrons. The van der Waals surface area contributed by atoms with Gasteiger partial charge in [-0.1, -0.05) is 29.8 Å². The molecule has 0 aliphatic carbocycles. The van der Waals surface area contributed by atoms with Crippen LogP contribution in [0.1, 0.15) is 35.0 Å². The van der Waals surface area contributed by atoms with Crippen LogP contribution in [-0.4, -0.2) is 14.6 Å². The summed E-state index contributed by atoms with van der Waals surface area (Å²) in [6, 6.07) is 10.6. The van der Waals surface area contributed by atoms with Crippen molar-refractivity contribution < 1.29 is 0 Å². The lowest BCUT2D eigenvalue weighted by Gasteiger charge is -2.06. The van der Waals surface area contributed by atoms with E-state index >= 15 is 0 Å². The van der Waals surface area contributed by atoms with Gasteiger partial charge in [-0.25, -0.2) is 9.50 Å². The zero-order valence-electron chi connectivity index (χ0n) is 12.9. The summed E-state index contributed by atoms with van der Waals surface area (Å²) in [4.78, 5) is 4.48. The van der Waals surface area contributed by atoms with Gasteiger partial charge < -0.3 is 0 Å². The van der Waals surface area contributed by atoms with E-state index in [9.17, 15) is 0 Å². The van der Waals surface area contributed by atoms with Gasteiger partial charge in [-0.3, -0.25) is 0 Å². The normalized spacial score (nSPS) is 12.1. The molecular formula is C18H19N3. The van der Waals surface area contributed by atoms with E-state index in [1.807, 2.05) is 23.7 Å². The molecule has 106 valence electrons. The first-order valence-electron chi connectivity index (χ1n) is 7.12. The minimum Gasteiger partial charge on any atom is -0.236 e. The molecule has 2 aromatic heterocycles. The van der Waals surface area contributed by atoms with Crippen molar-refractivity contribution in [2.24, 2.45) is 0 Å². The number of aryl methyl sites for hydroxylation is 3. The minimum absolute atomic E-state index is 0.898. The Hall–Kier alpha value is -2.42. The second-order valence-corrected chi connectivity index (χ2v) is 5.55.